The van der Waals surface area contributed by atoms with Crippen LogP contribution in [0.3, 0.4) is 0 Å². The zero-order valence-corrected chi connectivity index (χ0v) is 14.2. The van der Waals surface area contributed by atoms with Crippen LogP contribution in [0.1, 0.15) is 24.5 Å². The van der Waals surface area contributed by atoms with E-state index in [4.69, 9.17) is 16.3 Å². The summed E-state index contributed by atoms with van der Waals surface area (Å²) in [5, 5.41) is 3.99. The minimum absolute atomic E-state index is 0.470. The van der Waals surface area contributed by atoms with Gasteiger partial charge in [-0.05, 0) is 24.6 Å². The minimum atomic E-state index is 0.470. The van der Waals surface area contributed by atoms with Crippen LogP contribution in [0.5, 0.6) is 5.88 Å². The van der Waals surface area contributed by atoms with Crippen LogP contribution >= 0.6 is 27.5 Å². The van der Waals surface area contributed by atoms with Crippen LogP contribution < -0.4 is 10.1 Å². The summed E-state index contributed by atoms with van der Waals surface area (Å²) in [5.74, 6) is 0.587. The summed E-state index contributed by atoms with van der Waals surface area (Å²) < 4.78 is 6.78. The van der Waals surface area contributed by atoms with Crippen molar-refractivity contribution in [1.82, 2.24) is 10.3 Å². The number of rotatable bonds is 7. The molecule has 0 saturated carbocycles. The second-order valence-electron chi connectivity index (χ2n) is 4.67. The van der Waals surface area contributed by atoms with E-state index in [0.717, 1.165) is 35.1 Å². The number of hydrogen-bond donors (Lipinski definition) is 1. The SMILES string of the molecule is CCCNCc1cc(OCc2ccccc2Br)ncc1Cl. The molecule has 0 atom stereocenters. The first-order chi connectivity index (χ1) is 10.2. The molecule has 5 heteroatoms. The Hall–Kier alpha value is -1.10. The predicted molar refractivity (Wildman–Crippen MR) is 89.7 cm³/mol. The van der Waals surface area contributed by atoms with Crippen molar-refractivity contribution in [2.45, 2.75) is 26.5 Å². The van der Waals surface area contributed by atoms with E-state index in [1.54, 1.807) is 6.20 Å². The lowest BCUT2D eigenvalue weighted by atomic mass is 10.2. The number of ether oxygens (including phenoxy) is 1. The van der Waals surface area contributed by atoms with Crippen molar-refractivity contribution in [2.75, 3.05) is 6.54 Å². The molecule has 0 radical (unpaired) electrons. The van der Waals surface area contributed by atoms with Gasteiger partial charge in [0.25, 0.3) is 0 Å². The van der Waals surface area contributed by atoms with Gasteiger partial charge in [0.1, 0.15) is 6.61 Å². The number of benzene rings is 1. The Balaban J connectivity index is 2.00. The van der Waals surface area contributed by atoms with Gasteiger partial charge in [-0.15, -0.1) is 0 Å². The fourth-order valence-corrected chi connectivity index (χ4v) is 2.41. The Morgan fingerprint density at radius 2 is 2.10 bits per heavy atom. The van der Waals surface area contributed by atoms with Crippen molar-refractivity contribution in [3.63, 3.8) is 0 Å². The van der Waals surface area contributed by atoms with Crippen LogP contribution in [0.15, 0.2) is 41.0 Å². The third-order valence-electron chi connectivity index (χ3n) is 2.99. The van der Waals surface area contributed by atoms with Gasteiger partial charge in [0.2, 0.25) is 5.88 Å². The summed E-state index contributed by atoms with van der Waals surface area (Å²) in [7, 11) is 0. The number of pyridine rings is 1. The quantitative estimate of drug-likeness (QED) is 0.726. The second-order valence-corrected chi connectivity index (χ2v) is 5.93. The van der Waals surface area contributed by atoms with Gasteiger partial charge in [-0.25, -0.2) is 4.98 Å². The summed E-state index contributed by atoms with van der Waals surface area (Å²) in [5.41, 5.74) is 2.09. The van der Waals surface area contributed by atoms with E-state index in [9.17, 15) is 0 Å². The van der Waals surface area contributed by atoms with Crippen LogP contribution in [0.25, 0.3) is 0 Å². The van der Waals surface area contributed by atoms with Crippen molar-refractivity contribution in [3.05, 3.63) is 57.2 Å². The highest BCUT2D eigenvalue weighted by atomic mass is 79.9. The maximum Gasteiger partial charge on any atom is 0.213 e. The first kappa shape index (κ1) is 16.3. The number of aromatic nitrogens is 1. The monoisotopic (exact) mass is 368 g/mol. The van der Waals surface area contributed by atoms with Gasteiger partial charge in [0, 0.05) is 28.8 Å². The van der Waals surface area contributed by atoms with Crippen LogP contribution in [0.2, 0.25) is 5.02 Å². The fraction of sp³-hybridized carbons (Fsp3) is 0.312. The predicted octanol–water partition coefficient (Wildman–Crippen LogP) is 4.58. The molecule has 2 aromatic rings. The molecule has 0 unspecified atom stereocenters. The Labute approximate surface area is 138 Å². The fourth-order valence-electron chi connectivity index (χ4n) is 1.84. The molecule has 1 N–H and O–H groups in total. The Bertz CT molecular complexity index is 592. The average Bonchev–Trinajstić information content (AvgIpc) is 2.49. The summed E-state index contributed by atoms with van der Waals surface area (Å²) in [4.78, 5) is 4.21. The van der Waals surface area contributed by atoms with Crippen molar-refractivity contribution in [2.24, 2.45) is 0 Å². The molecule has 3 nitrogen and oxygen atoms in total. The maximum atomic E-state index is 6.15. The summed E-state index contributed by atoms with van der Waals surface area (Å²) in [6, 6.07) is 9.87. The highest BCUT2D eigenvalue weighted by molar-refractivity contribution is 9.10. The van der Waals surface area contributed by atoms with Crippen molar-refractivity contribution in [3.8, 4) is 5.88 Å². The molecular formula is C16H18BrClN2O. The molecule has 1 aromatic heterocycles. The zero-order valence-electron chi connectivity index (χ0n) is 11.9. The molecule has 21 heavy (non-hydrogen) atoms. The molecule has 1 heterocycles. The highest BCUT2D eigenvalue weighted by Crippen LogP contribution is 2.21. The first-order valence-corrected chi connectivity index (χ1v) is 8.09. The van der Waals surface area contributed by atoms with Gasteiger partial charge in [0.15, 0.2) is 0 Å². The van der Waals surface area contributed by atoms with E-state index in [0.29, 0.717) is 17.5 Å². The van der Waals surface area contributed by atoms with Gasteiger partial charge < -0.3 is 10.1 Å². The van der Waals surface area contributed by atoms with E-state index in [2.05, 4.69) is 33.2 Å². The van der Waals surface area contributed by atoms with Crippen LogP contribution in [0, 0.1) is 0 Å². The average molecular weight is 370 g/mol. The van der Waals surface area contributed by atoms with Gasteiger partial charge in [0.05, 0.1) is 5.02 Å². The molecule has 2 rings (SSSR count). The summed E-state index contributed by atoms with van der Waals surface area (Å²) in [6.07, 6.45) is 2.73. The number of nitrogens with one attached hydrogen (secondary N) is 1. The topological polar surface area (TPSA) is 34.1 Å². The van der Waals surface area contributed by atoms with Gasteiger partial charge in [-0.3, -0.25) is 0 Å². The van der Waals surface area contributed by atoms with Crippen LogP contribution in [0.4, 0.5) is 0 Å². The standard InChI is InChI=1S/C16H18BrClN2O/c1-2-7-19-9-13-8-16(20-10-15(13)18)21-11-12-5-3-4-6-14(12)17/h3-6,8,10,19H,2,7,9,11H2,1H3. The minimum Gasteiger partial charge on any atom is -0.473 e. The molecule has 0 aliphatic heterocycles. The molecule has 0 fully saturated rings. The van der Waals surface area contributed by atoms with Crippen LogP contribution in [-0.2, 0) is 13.2 Å². The van der Waals surface area contributed by atoms with Gasteiger partial charge in [-0.2, -0.15) is 0 Å². The largest absolute Gasteiger partial charge is 0.473 e. The van der Waals surface area contributed by atoms with Gasteiger partial charge >= 0.3 is 0 Å². The van der Waals surface area contributed by atoms with Gasteiger partial charge in [-0.1, -0.05) is 52.7 Å². The van der Waals surface area contributed by atoms with E-state index in [1.165, 1.54) is 0 Å². The normalized spacial score (nSPS) is 10.6. The van der Waals surface area contributed by atoms with E-state index < -0.39 is 0 Å². The molecule has 0 saturated heterocycles. The summed E-state index contributed by atoms with van der Waals surface area (Å²) >= 11 is 9.66. The number of hydrogen-bond acceptors (Lipinski definition) is 3. The lowest BCUT2D eigenvalue weighted by Gasteiger charge is -2.10. The lowest BCUT2D eigenvalue weighted by molar-refractivity contribution is 0.293. The summed E-state index contributed by atoms with van der Waals surface area (Å²) in [6.45, 7) is 4.29. The molecule has 0 bridgehead atoms. The smallest absolute Gasteiger partial charge is 0.213 e. The maximum absolute atomic E-state index is 6.15. The molecule has 0 aliphatic carbocycles. The highest BCUT2D eigenvalue weighted by Gasteiger charge is 2.05. The van der Waals surface area contributed by atoms with Crippen molar-refractivity contribution < 1.29 is 4.74 Å². The zero-order chi connectivity index (χ0) is 15.1. The van der Waals surface area contributed by atoms with E-state index in [1.807, 2.05) is 30.3 Å². The van der Waals surface area contributed by atoms with Crippen molar-refractivity contribution >= 4 is 27.5 Å². The number of nitrogens with zero attached hydrogens (tertiary/aromatic N) is 1. The molecule has 0 amide bonds. The molecule has 0 aliphatic rings. The van der Waals surface area contributed by atoms with E-state index in [-0.39, 0.29) is 0 Å². The number of halogens is 2. The molecule has 112 valence electrons. The molecule has 1 aromatic carbocycles. The third-order valence-corrected chi connectivity index (χ3v) is 4.10. The lowest BCUT2D eigenvalue weighted by Crippen LogP contribution is -2.14. The first-order valence-electron chi connectivity index (χ1n) is 6.92. The molecule has 0 spiro atoms. The van der Waals surface area contributed by atoms with Crippen molar-refractivity contribution in [1.29, 1.82) is 0 Å². The van der Waals surface area contributed by atoms with E-state index >= 15 is 0 Å². The Morgan fingerprint density at radius 1 is 1.29 bits per heavy atom. The molecular weight excluding hydrogens is 352 g/mol. The van der Waals surface area contributed by atoms with Crippen LogP contribution in [-0.4, -0.2) is 11.5 Å². The Kier molecular flexibility index (Phi) is 6.49. The Morgan fingerprint density at radius 3 is 2.86 bits per heavy atom. The third kappa shape index (κ3) is 4.99. The second kappa shape index (κ2) is 8.37.